The molecule has 0 N–H and O–H groups in total. The maximum atomic E-state index is 12.1. The molecule has 6 heteroatoms. The Labute approximate surface area is 117 Å². The van der Waals surface area contributed by atoms with Crippen LogP contribution in [0.15, 0.2) is 23.0 Å². The standard InChI is InChI=1S/C14H18O6/c1-17-9-6-7-20-10-5-4-8(13(15)18-2)11(12(9)10)14(16)19-3/h5,9,12H,4,6-7H2,1-3H3/t9-,12+/m1/s1. The summed E-state index contributed by atoms with van der Waals surface area (Å²) >= 11 is 0. The minimum Gasteiger partial charge on any atom is -0.497 e. The molecule has 0 aromatic heterocycles. The van der Waals surface area contributed by atoms with Crippen molar-refractivity contribution in [2.24, 2.45) is 5.92 Å². The van der Waals surface area contributed by atoms with Crippen molar-refractivity contribution in [3.63, 3.8) is 0 Å². The second-order valence-corrected chi connectivity index (χ2v) is 4.57. The Morgan fingerprint density at radius 1 is 1.20 bits per heavy atom. The summed E-state index contributed by atoms with van der Waals surface area (Å²) in [5.41, 5.74) is 0.587. The number of hydrogen-bond acceptors (Lipinski definition) is 6. The van der Waals surface area contributed by atoms with Crippen LogP contribution in [-0.4, -0.2) is 46.0 Å². The van der Waals surface area contributed by atoms with Crippen LogP contribution in [0.5, 0.6) is 0 Å². The molecule has 0 spiro atoms. The lowest BCUT2D eigenvalue weighted by molar-refractivity contribution is -0.141. The summed E-state index contributed by atoms with van der Waals surface area (Å²) in [5, 5.41) is 0. The van der Waals surface area contributed by atoms with E-state index in [4.69, 9.17) is 18.9 Å². The average Bonchev–Trinajstić information content (AvgIpc) is 2.51. The van der Waals surface area contributed by atoms with Crippen molar-refractivity contribution in [2.75, 3.05) is 27.9 Å². The van der Waals surface area contributed by atoms with Gasteiger partial charge < -0.3 is 18.9 Å². The summed E-state index contributed by atoms with van der Waals surface area (Å²) in [4.78, 5) is 24.0. The zero-order valence-electron chi connectivity index (χ0n) is 11.8. The van der Waals surface area contributed by atoms with Crippen LogP contribution < -0.4 is 0 Å². The van der Waals surface area contributed by atoms with Crippen LogP contribution in [-0.2, 0) is 28.5 Å². The molecular formula is C14H18O6. The SMILES string of the molecule is COC(=O)C1=C(C(=O)OC)[C@@H]2C(=CC1)OCC[C@H]2OC. The van der Waals surface area contributed by atoms with E-state index in [2.05, 4.69) is 0 Å². The number of esters is 2. The molecule has 1 aliphatic heterocycles. The summed E-state index contributed by atoms with van der Waals surface area (Å²) in [5.74, 6) is -0.824. The van der Waals surface area contributed by atoms with Crippen molar-refractivity contribution in [1.82, 2.24) is 0 Å². The summed E-state index contributed by atoms with van der Waals surface area (Å²) in [7, 11) is 4.15. The van der Waals surface area contributed by atoms with Crippen molar-refractivity contribution in [3.05, 3.63) is 23.0 Å². The van der Waals surface area contributed by atoms with Crippen molar-refractivity contribution in [1.29, 1.82) is 0 Å². The van der Waals surface area contributed by atoms with Crippen LogP contribution in [0, 0.1) is 5.92 Å². The number of rotatable bonds is 3. The van der Waals surface area contributed by atoms with E-state index in [1.165, 1.54) is 14.2 Å². The van der Waals surface area contributed by atoms with Crippen LogP contribution in [0.25, 0.3) is 0 Å². The zero-order valence-corrected chi connectivity index (χ0v) is 11.8. The van der Waals surface area contributed by atoms with Gasteiger partial charge in [-0.05, 0) is 6.08 Å². The third-order valence-electron chi connectivity index (χ3n) is 3.63. The molecule has 0 aromatic rings. The lowest BCUT2D eigenvalue weighted by Crippen LogP contribution is -2.38. The quantitative estimate of drug-likeness (QED) is 0.718. The topological polar surface area (TPSA) is 71.1 Å². The molecule has 1 saturated heterocycles. The lowest BCUT2D eigenvalue weighted by atomic mass is 9.80. The Morgan fingerprint density at radius 3 is 2.50 bits per heavy atom. The Hall–Kier alpha value is -1.82. The smallest absolute Gasteiger partial charge is 0.335 e. The number of carbonyl (C=O) groups excluding carboxylic acids is 2. The van der Waals surface area contributed by atoms with Crippen LogP contribution >= 0.6 is 0 Å². The first kappa shape index (κ1) is 14.6. The predicted molar refractivity (Wildman–Crippen MR) is 68.6 cm³/mol. The highest BCUT2D eigenvalue weighted by molar-refractivity contribution is 6.01. The number of allylic oxidation sites excluding steroid dienone is 1. The Kier molecular flexibility index (Phi) is 4.44. The van der Waals surface area contributed by atoms with E-state index in [0.717, 1.165) is 0 Å². The van der Waals surface area contributed by atoms with E-state index in [1.807, 2.05) is 0 Å². The number of carbonyl (C=O) groups is 2. The Bertz CT molecular complexity index is 476. The number of methoxy groups -OCH3 is 3. The second-order valence-electron chi connectivity index (χ2n) is 4.57. The molecule has 0 saturated carbocycles. The van der Waals surface area contributed by atoms with Gasteiger partial charge in [-0.1, -0.05) is 0 Å². The largest absolute Gasteiger partial charge is 0.497 e. The predicted octanol–water partition coefficient (Wildman–Crippen LogP) is 0.968. The van der Waals surface area contributed by atoms with Crippen molar-refractivity contribution in [2.45, 2.75) is 18.9 Å². The highest BCUT2D eigenvalue weighted by Crippen LogP contribution is 2.39. The van der Waals surface area contributed by atoms with E-state index in [1.54, 1.807) is 13.2 Å². The molecule has 0 bridgehead atoms. The van der Waals surface area contributed by atoms with Gasteiger partial charge in [0.1, 0.15) is 5.76 Å². The zero-order chi connectivity index (χ0) is 14.7. The van der Waals surface area contributed by atoms with Gasteiger partial charge >= 0.3 is 11.9 Å². The fourth-order valence-corrected chi connectivity index (χ4v) is 2.68. The van der Waals surface area contributed by atoms with E-state index in [0.29, 0.717) is 30.8 Å². The van der Waals surface area contributed by atoms with Crippen molar-refractivity contribution in [3.8, 4) is 0 Å². The molecule has 1 aliphatic carbocycles. The van der Waals surface area contributed by atoms with Gasteiger partial charge in [0.15, 0.2) is 0 Å². The summed E-state index contributed by atoms with van der Waals surface area (Å²) in [6, 6.07) is 0. The van der Waals surface area contributed by atoms with E-state index < -0.39 is 17.9 Å². The maximum Gasteiger partial charge on any atom is 0.335 e. The van der Waals surface area contributed by atoms with Gasteiger partial charge in [-0.25, -0.2) is 9.59 Å². The average molecular weight is 282 g/mol. The molecular weight excluding hydrogens is 264 g/mol. The third kappa shape index (κ3) is 2.43. The van der Waals surface area contributed by atoms with E-state index in [-0.39, 0.29) is 11.7 Å². The van der Waals surface area contributed by atoms with Gasteiger partial charge in [-0.15, -0.1) is 0 Å². The van der Waals surface area contributed by atoms with Gasteiger partial charge in [0.25, 0.3) is 0 Å². The van der Waals surface area contributed by atoms with Crippen LogP contribution in [0.3, 0.4) is 0 Å². The van der Waals surface area contributed by atoms with Crippen molar-refractivity contribution >= 4 is 11.9 Å². The lowest BCUT2D eigenvalue weighted by Gasteiger charge is -2.36. The normalized spacial score (nSPS) is 25.2. The summed E-state index contributed by atoms with van der Waals surface area (Å²) < 4.78 is 20.6. The third-order valence-corrected chi connectivity index (χ3v) is 3.63. The monoisotopic (exact) mass is 282 g/mol. The molecule has 1 heterocycles. The van der Waals surface area contributed by atoms with Gasteiger partial charge in [0.05, 0.1) is 44.0 Å². The first-order valence-corrected chi connectivity index (χ1v) is 6.39. The summed E-state index contributed by atoms with van der Waals surface area (Å²) in [6.45, 7) is 0.531. The van der Waals surface area contributed by atoms with Crippen LogP contribution in [0.1, 0.15) is 12.8 Å². The first-order valence-electron chi connectivity index (χ1n) is 6.39. The number of ether oxygens (including phenoxy) is 4. The second kappa shape index (κ2) is 6.09. The van der Waals surface area contributed by atoms with Crippen LogP contribution in [0.2, 0.25) is 0 Å². The molecule has 110 valence electrons. The molecule has 2 atom stereocenters. The molecule has 2 rings (SSSR count). The maximum absolute atomic E-state index is 12.1. The Balaban J connectivity index is 2.48. The van der Waals surface area contributed by atoms with Crippen molar-refractivity contribution < 1.29 is 28.5 Å². The van der Waals surface area contributed by atoms with E-state index in [9.17, 15) is 9.59 Å². The number of fused-ring (bicyclic) bond motifs is 1. The molecule has 0 radical (unpaired) electrons. The number of hydrogen-bond donors (Lipinski definition) is 0. The molecule has 6 nitrogen and oxygen atoms in total. The minimum absolute atomic E-state index is 0.218. The van der Waals surface area contributed by atoms with Gasteiger partial charge in [0.2, 0.25) is 0 Å². The minimum atomic E-state index is -0.548. The molecule has 20 heavy (non-hydrogen) atoms. The van der Waals surface area contributed by atoms with Gasteiger partial charge in [-0.2, -0.15) is 0 Å². The molecule has 1 fully saturated rings. The van der Waals surface area contributed by atoms with E-state index >= 15 is 0 Å². The molecule has 2 aliphatic rings. The fourth-order valence-electron chi connectivity index (χ4n) is 2.68. The first-order chi connectivity index (χ1) is 9.63. The Morgan fingerprint density at radius 2 is 1.90 bits per heavy atom. The highest BCUT2D eigenvalue weighted by Gasteiger charge is 2.42. The van der Waals surface area contributed by atoms with Crippen LogP contribution in [0.4, 0.5) is 0 Å². The van der Waals surface area contributed by atoms with Gasteiger partial charge in [0, 0.05) is 20.0 Å². The summed E-state index contributed by atoms with van der Waals surface area (Å²) in [6.07, 6.45) is 2.52. The molecule has 0 aromatic carbocycles. The van der Waals surface area contributed by atoms with Gasteiger partial charge in [-0.3, -0.25) is 0 Å². The molecule has 0 unspecified atom stereocenters. The fraction of sp³-hybridized carbons (Fsp3) is 0.571. The highest BCUT2D eigenvalue weighted by atomic mass is 16.5. The molecule has 0 amide bonds.